The molecular formula is C10H20F2N2O2. The summed E-state index contributed by atoms with van der Waals surface area (Å²) in [6.45, 7) is 2.52. The molecule has 0 rings (SSSR count). The predicted octanol–water partition coefficient (Wildman–Crippen LogP) is 0.590. The third-order valence-electron chi connectivity index (χ3n) is 2.06. The van der Waals surface area contributed by atoms with Crippen molar-refractivity contribution in [1.29, 1.82) is 0 Å². The van der Waals surface area contributed by atoms with Gasteiger partial charge in [0.05, 0.1) is 13.2 Å². The Balaban J connectivity index is 4.16. The van der Waals surface area contributed by atoms with Crippen LogP contribution in [0.2, 0.25) is 0 Å². The van der Waals surface area contributed by atoms with Crippen molar-refractivity contribution in [3.8, 4) is 0 Å². The zero-order valence-corrected chi connectivity index (χ0v) is 9.75. The molecule has 6 heteroatoms. The largest absolute Gasteiger partial charge is 0.395 e. The molecule has 0 saturated carbocycles. The molecule has 0 aliphatic heterocycles. The summed E-state index contributed by atoms with van der Waals surface area (Å²) in [4.78, 5) is 12.5. The van der Waals surface area contributed by atoms with Gasteiger partial charge in [-0.3, -0.25) is 4.79 Å². The Morgan fingerprint density at radius 2 is 2.06 bits per heavy atom. The van der Waals surface area contributed by atoms with Gasteiger partial charge in [0.1, 0.15) is 0 Å². The molecule has 0 spiro atoms. The maximum absolute atomic E-state index is 12.1. The number of alkyl halides is 2. The number of carbonyl (C=O) groups excluding carboxylic acids is 1. The van der Waals surface area contributed by atoms with Gasteiger partial charge in [0.25, 0.3) is 6.43 Å². The second-order valence-electron chi connectivity index (χ2n) is 4.44. The van der Waals surface area contributed by atoms with Crippen LogP contribution >= 0.6 is 0 Å². The Hall–Kier alpha value is -0.750. The van der Waals surface area contributed by atoms with Gasteiger partial charge in [0, 0.05) is 18.5 Å². The highest BCUT2D eigenvalue weighted by atomic mass is 19.3. The quantitative estimate of drug-likeness (QED) is 0.682. The summed E-state index contributed by atoms with van der Waals surface area (Å²) < 4.78 is 24.3. The SMILES string of the molecule is CC(C)(N)CCC(=O)N(CCO)CC(F)F. The van der Waals surface area contributed by atoms with Crippen LogP contribution < -0.4 is 5.73 Å². The summed E-state index contributed by atoms with van der Waals surface area (Å²) in [6.07, 6.45) is -2.03. The second-order valence-corrected chi connectivity index (χ2v) is 4.44. The number of aliphatic hydroxyl groups is 1. The molecule has 0 fully saturated rings. The van der Waals surface area contributed by atoms with E-state index in [9.17, 15) is 13.6 Å². The monoisotopic (exact) mass is 238 g/mol. The van der Waals surface area contributed by atoms with Gasteiger partial charge in [-0.25, -0.2) is 8.78 Å². The van der Waals surface area contributed by atoms with E-state index in [1.54, 1.807) is 13.8 Å². The lowest BCUT2D eigenvalue weighted by Gasteiger charge is -2.24. The average molecular weight is 238 g/mol. The Bertz CT molecular complexity index is 217. The lowest BCUT2D eigenvalue weighted by molar-refractivity contribution is -0.134. The zero-order chi connectivity index (χ0) is 12.8. The number of hydrogen-bond donors (Lipinski definition) is 2. The smallest absolute Gasteiger partial charge is 0.255 e. The molecule has 0 unspecified atom stereocenters. The Labute approximate surface area is 94.4 Å². The normalized spacial score (nSPS) is 11.9. The van der Waals surface area contributed by atoms with Gasteiger partial charge >= 0.3 is 0 Å². The highest BCUT2D eigenvalue weighted by Crippen LogP contribution is 2.10. The van der Waals surface area contributed by atoms with Crippen LogP contribution in [0.5, 0.6) is 0 Å². The van der Waals surface area contributed by atoms with E-state index in [0.717, 1.165) is 4.90 Å². The third-order valence-corrected chi connectivity index (χ3v) is 2.06. The number of hydrogen-bond acceptors (Lipinski definition) is 3. The highest BCUT2D eigenvalue weighted by Gasteiger charge is 2.20. The minimum atomic E-state index is -2.58. The molecule has 0 aliphatic rings. The van der Waals surface area contributed by atoms with Gasteiger partial charge in [0.15, 0.2) is 0 Å². The topological polar surface area (TPSA) is 66.6 Å². The van der Waals surface area contributed by atoms with E-state index in [1.165, 1.54) is 0 Å². The van der Waals surface area contributed by atoms with Crippen molar-refractivity contribution in [3.63, 3.8) is 0 Å². The Morgan fingerprint density at radius 3 is 2.44 bits per heavy atom. The van der Waals surface area contributed by atoms with E-state index in [1.807, 2.05) is 0 Å². The van der Waals surface area contributed by atoms with Crippen LogP contribution in [0, 0.1) is 0 Å². The van der Waals surface area contributed by atoms with Gasteiger partial charge in [0.2, 0.25) is 5.91 Å². The number of aliphatic hydroxyl groups excluding tert-OH is 1. The predicted molar refractivity (Wildman–Crippen MR) is 57.2 cm³/mol. The fourth-order valence-electron chi connectivity index (χ4n) is 1.19. The number of halogens is 2. The maximum Gasteiger partial charge on any atom is 0.255 e. The van der Waals surface area contributed by atoms with Crippen LogP contribution in [-0.4, -0.2) is 47.6 Å². The molecular weight excluding hydrogens is 218 g/mol. The van der Waals surface area contributed by atoms with Crippen molar-refractivity contribution in [3.05, 3.63) is 0 Å². The van der Waals surface area contributed by atoms with Crippen molar-refractivity contribution >= 4 is 5.91 Å². The first-order valence-electron chi connectivity index (χ1n) is 5.22. The highest BCUT2D eigenvalue weighted by molar-refractivity contribution is 5.76. The average Bonchev–Trinajstić information content (AvgIpc) is 2.11. The maximum atomic E-state index is 12.1. The van der Waals surface area contributed by atoms with Crippen LogP contribution in [0.3, 0.4) is 0 Å². The van der Waals surface area contributed by atoms with Gasteiger partial charge in [-0.15, -0.1) is 0 Å². The second kappa shape index (κ2) is 6.75. The molecule has 0 heterocycles. The molecule has 16 heavy (non-hydrogen) atoms. The van der Waals surface area contributed by atoms with Crippen molar-refractivity contribution in [2.75, 3.05) is 19.7 Å². The first-order valence-corrected chi connectivity index (χ1v) is 5.22. The van der Waals surface area contributed by atoms with Crippen LogP contribution in [0.25, 0.3) is 0 Å². The van der Waals surface area contributed by atoms with Crippen LogP contribution in [0.4, 0.5) is 8.78 Å². The van der Waals surface area contributed by atoms with Crippen molar-refractivity contribution < 1.29 is 18.7 Å². The lowest BCUT2D eigenvalue weighted by atomic mass is 10.00. The summed E-state index contributed by atoms with van der Waals surface area (Å²) in [5, 5.41) is 8.66. The summed E-state index contributed by atoms with van der Waals surface area (Å²) in [7, 11) is 0. The molecule has 4 nitrogen and oxygen atoms in total. The van der Waals surface area contributed by atoms with E-state index >= 15 is 0 Å². The molecule has 1 amide bonds. The molecule has 0 aromatic rings. The number of amides is 1. The summed E-state index contributed by atoms with van der Waals surface area (Å²) in [5.41, 5.74) is 5.20. The van der Waals surface area contributed by atoms with Gasteiger partial charge < -0.3 is 15.7 Å². The Morgan fingerprint density at radius 1 is 1.50 bits per heavy atom. The van der Waals surface area contributed by atoms with Crippen molar-refractivity contribution in [2.45, 2.75) is 38.7 Å². The van der Waals surface area contributed by atoms with E-state index in [2.05, 4.69) is 0 Å². The van der Waals surface area contributed by atoms with E-state index in [-0.39, 0.29) is 19.6 Å². The molecule has 0 saturated heterocycles. The fraction of sp³-hybridized carbons (Fsp3) is 0.900. The van der Waals surface area contributed by atoms with E-state index in [4.69, 9.17) is 10.8 Å². The molecule has 0 aromatic carbocycles. The van der Waals surface area contributed by atoms with Gasteiger partial charge in [-0.05, 0) is 20.3 Å². The molecule has 0 radical (unpaired) electrons. The Kier molecular flexibility index (Phi) is 6.43. The minimum absolute atomic E-state index is 0.0613. The third kappa shape index (κ3) is 7.53. The van der Waals surface area contributed by atoms with Crippen molar-refractivity contribution in [2.24, 2.45) is 5.73 Å². The first-order chi connectivity index (χ1) is 7.26. The molecule has 0 aromatic heterocycles. The van der Waals surface area contributed by atoms with Crippen LogP contribution in [0.15, 0.2) is 0 Å². The molecule has 0 atom stereocenters. The molecule has 0 aliphatic carbocycles. The van der Waals surface area contributed by atoms with Gasteiger partial charge in [-0.2, -0.15) is 0 Å². The fourth-order valence-corrected chi connectivity index (χ4v) is 1.19. The molecule has 0 bridgehead atoms. The number of carbonyl (C=O) groups is 1. The summed E-state index contributed by atoms with van der Waals surface area (Å²) in [6, 6.07) is 0. The molecule has 3 N–H and O–H groups in total. The van der Waals surface area contributed by atoms with Crippen molar-refractivity contribution in [1.82, 2.24) is 4.90 Å². The summed E-state index contributed by atoms with van der Waals surface area (Å²) in [5.74, 6) is -0.395. The lowest BCUT2D eigenvalue weighted by Crippen LogP contribution is -2.39. The van der Waals surface area contributed by atoms with Gasteiger partial charge in [-0.1, -0.05) is 0 Å². The van der Waals surface area contributed by atoms with E-state index < -0.39 is 24.4 Å². The molecule has 96 valence electrons. The zero-order valence-electron chi connectivity index (χ0n) is 9.75. The van der Waals surface area contributed by atoms with Crippen LogP contribution in [-0.2, 0) is 4.79 Å². The number of nitrogens with two attached hydrogens (primary N) is 1. The van der Waals surface area contributed by atoms with Crippen LogP contribution in [0.1, 0.15) is 26.7 Å². The number of rotatable bonds is 7. The minimum Gasteiger partial charge on any atom is -0.395 e. The summed E-state index contributed by atoms with van der Waals surface area (Å²) >= 11 is 0. The number of nitrogens with zero attached hydrogens (tertiary/aromatic N) is 1. The standard InChI is InChI=1S/C10H20F2N2O2/c1-10(2,13)4-3-9(16)14(5-6-15)7-8(11)12/h8,15H,3-7,13H2,1-2H3. The van der Waals surface area contributed by atoms with E-state index in [0.29, 0.717) is 6.42 Å². The first kappa shape index (κ1) is 15.2.